The lowest BCUT2D eigenvalue weighted by Gasteiger charge is -2.24. The Bertz CT molecular complexity index is 732. The van der Waals surface area contributed by atoms with E-state index in [4.69, 9.17) is 0 Å². The molecule has 0 saturated carbocycles. The molecule has 1 aromatic carbocycles. The molecule has 0 heterocycles. The summed E-state index contributed by atoms with van der Waals surface area (Å²) in [5.41, 5.74) is 3.08. The van der Waals surface area contributed by atoms with Crippen LogP contribution >= 0.6 is 0 Å². The molecular formula is C22H37N7O. The Morgan fingerprint density at radius 3 is 2.70 bits per heavy atom. The third-order valence-electron chi connectivity index (χ3n) is 4.81. The highest BCUT2D eigenvalue weighted by Gasteiger charge is 2.13. The molecule has 0 saturated heterocycles. The van der Waals surface area contributed by atoms with Crippen LogP contribution in [-0.2, 0) is 11.2 Å². The number of nitrogens with zero attached hydrogens (tertiary/aromatic N) is 5. The molecule has 2 atom stereocenters. The predicted octanol–water partition coefficient (Wildman–Crippen LogP) is 3.69. The van der Waals surface area contributed by atoms with E-state index < -0.39 is 0 Å². The minimum Gasteiger partial charge on any atom is -0.379 e. The van der Waals surface area contributed by atoms with E-state index in [-0.39, 0.29) is 18.1 Å². The van der Waals surface area contributed by atoms with E-state index in [1.165, 1.54) is 0 Å². The number of carbonyl (C=O) groups excluding carboxylic acids is 1. The van der Waals surface area contributed by atoms with Crippen molar-refractivity contribution in [1.82, 2.24) is 15.3 Å². The van der Waals surface area contributed by atoms with Crippen LogP contribution < -0.4 is 10.6 Å². The number of amides is 1. The number of hydrazone groups is 1. The van der Waals surface area contributed by atoms with Crippen LogP contribution in [0, 0.1) is 0 Å². The van der Waals surface area contributed by atoms with Crippen LogP contribution in [0.1, 0.15) is 39.2 Å². The summed E-state index contributed by atoms with van der Waals surface area (Å²) in [6, 6.07) is 8.05. The largest absolute Gasteiger partial charge is 0.379 e. The Labute approximate surface area is 181 Å². The third kappa shape index (κ3) is 9.07. The number of hydrogen-bond donors (Lipinski definition) is 2. The van der Waals surface area contributed by atoms with Gasteiger partial charge in [0.1, 0.15) is 0 Å². The molecule has 0 aliphatic carbocycles. The highest BCUT2D eigenvalue weighted by atomic mass is 16.1. The van der Waals surface area contributed by atoms with E-state index in [1.54, 1.807) is 18.3 Å². The van der Waals surface area contributed by atoms with Crippen LogP contribution in [-0.4, -0.2) is 62.0 Å². The number of carbonyl (C=O) groups is 1. The first kappa shape index (κ1) is 25.1. The van der Waals surface area contributed by atoms with Gasteiger partial charge in [0.05, 0.1) is 6.42 Å². The summed E-state index contributed by atoms with van der Waals surface area (Å²) in [6.45, 7) is 10.9. The molecule has 0 radical (unpaired) electrons. The molecule has 2 unspecified atom stereocenters. The van der Waals surface area contributed by atoms with E-state index in [9.17, 15) is 4.79 Å². The molecule has 0 fully saturated rings. The summed E-state index contributed by atoms with van der Waals surface area (Å²) < 4.78 is 0. The van der Waals surface area contributed by atoms with E-state index in [0.29, 0.717) is 6.42 Å². The third-order valence-corrected chi connectivity index (χ3v) is 4.81. The summed E-state index contributed by atoms with van der Waals surface area (Å²) >= 11 is 0. The first-order valence-corrected chi connectivity index (χ1v) is 10.4. The SMILES string of the molecule is C=C(CC)C(CCN(C)N=NC(C)N(C)/N=C\C)Nc1cccc(CC(=O)NC)c1. The predicted molar refractivity (Wildman–Crippen MR) is 125 cm³/mol. The van der Waals surface area contributed by atoms with Gasteiger partial charge in [-0.1, -0.05) is 36.4 Å². The zero-order valence-corrected chi connectivity index (χ0v) is 19.2. The van der Waals surface area contributed by atoms with E-state index in [2.05, 4.69) is 39.6 Å². The molecule has 0 aliphatic rings. The van der Waals surface area contributed by atoms with Crippen molar-refractivity contribution in [2.24, 2.45) is 15.4 Å². The summed E-state index contributed by atoms with van der Waals surface area (Å²) in [5, 5.41) is 22.6. The Kier molecular flexibility index (Phi) is 11.2. The molecule has 8 heteroatoms. The molecular weight excluding hydrogens is 378 g/mol. The van der Waals surface area contributed by atoms with Gasteiger partial charge in [0.25, 0.3) is 0 Å². The maximum absolute atomic E-state index is 11.7. The Hall–Kier alpha value is -2.90. The number of likely N-dealkylation sites (N-methyl/N-ethyl adjacent to an activating group) is 1. The van der Waals surface area contributed by atoms with Crippen LogP contribution in [0.25, 0.3) is 0 Å². The second-order valence-corrected chi connectivity index (χ2v) is 7.21. The van der Waals surface area contributed by atoms with Crippen molar-refractivity contribution in [3.63, 3.8) is 0 Å². The summed E-state index contributed by atoms with van der Waals surface area (Å²) in [7, 11) is 5.43. The van der Waals surface area contributed by atoms with Gasteiger partial charge in [0, 0.05) is 45.6 Å². The van der Waals surface area contributed by atoms with E-state index >= 15 is 0 Å². The average Bonchev–Trinajstić information content (AvgIpc) is 2.74. The van der Waals surface area contributed by atoms with Gasteiger partial charge in [0.2, 0.25) is 5.91 Å². The normalized spacial score (nSPS) is 13.3. The average molecular weight is 416 g/mol. The van der Waals surface area contributed by atoms with Crippen molar-refractivity contribution < 1.29 is 4.79 Å². The molecule has 30 heavy (non-hydrogen) atoms. The molecule has 0 aliphatic heterocycles. The highest BCUT2D eigenvalue weighted by Crippen LogP contribution is 2.18. The van der Waals surface area contributed by atoms with Crippen molar-refractivity contribution in [2.45, 2.75) is 52.2 Å². The van der Waals surface area contributed by atoms with Crippen LogP contribution in [0.5, 0.6) is 0 Å². The number of hydrogen-bond acceptors (Lipinski definition) is 6. The second-order valence-electron chi connectivity index (χ2n) is 7.21. The zero-order chi connectivity index (χ0) is 22.5. The van der Waals surface area contributed by atoms with Crippen LogP contribution in [0.4, 0.5) is 5.69 Å². The molecule has 0 bridgehead atoms. The van der Waals surface area contributed by atoms with Gasteiger partial charge < -0.3 is 10.6 Å². The number of nitrogens with one attached hydrogen (secondary N) is 2. The smallest absolute Gasteiger partial charge is 0.224 e. The van der Waals surface area contributed by atoms with Crippen LogP contribution in [0.2, 0.25) is 0 Å². The number of anilines is 1. The molecule has 0 aromatic heterocycles. The fourth-order valence-corrected chi connectivity index (χ4v) is 2.75. The Morgan fingerprint density at radius 2 is 2.07 bits per heavy atom. The van der Waals surface area contributed by atoms with Crippen molar-refractivity contribution >= 4 is 17.8 Å². The fraction of sp³-hybridized carbons (Fsp3) is 0.545. The lowest BCUT2D eigenvalue weighted by Crippen LogP contribution is -2.27. The van der Waals surface area contributed by atoms with Gasteiger partial charge in [-0.3, -0.25) is 14.8 Å². The summed E-state index contributed by atoms with van der Waals surface area (Å²) in [6.07, 6.45) is 3.68. The molecule has 166 valence electrons. The molecule has 1 amide bonds. The van der Waals surface area contributed by atoms with Crippen LogP contribution in [0.3, 0.4) is 0 Å². The minimum atomic E-state index is -0.133. The van der Waals surface area contributed by atoms with Crippen LogP contribution in [0.15, 0.2) is 51.9 Å². The van der Waals surface area contributed by atoms with Gasteiger partial charge in [-0.2, -0.15) is 5.10 Å². The molecule has 1 aromatic rings. The van der Waals surface area contributed by atoms with Crippen molar-refractivity contribution in [3.05, 3.63) is 42.0 Å². The Balaban J connectivity index is 2.72. The Morgan fingerprint density at radius 1 is 1.33 bits per heavy atom. The molecule has 1 rings (SSSR count). The summed E-state index contributed by atoms with van der Waals surface area (Å²) in [4.78, 5) is 11.7. The monoisotopic (exact) mass is 415 g/mol. The van der Waals surface area contributed by atoms with E-state index in [1.807, 2.05) is 57.2 Å². The molecule has 2 N–H and O–H groups in total. The van der Waals surface area contributed by atoms with Gasteiger partial charge in [-0.25, -0.2) is 0 Å². The van der Waals surface area contributed by atoms with Crippen molar-refractivity contribution in [3.8, 4) is 0 Å². The molecule has 8 nitrogen and oxygen atoms in total. The lowest BCUT2D eigenvalue weighted by molar-refractivity contribution is -0.119. The molecule has 0 spiro atoms. The maximum atomic E-state index is 11.7. The zero-order valence-electron chi connectivity index (χ0n) is 19.2. The first-order valence-electron chi connectivity index (χ1n) is 10.4. The number of rotatable bonds is 13. The van der Waals surface area contributed by atoms with Crippen molar-refractivity contribution in [2.75, 3.05) is 33.0 Å². The highest BCUT2D eigenvalue weighted by molar-refractivity contribution is 5.78. The van der Waals surface area contributed by atoms with Crippen molar-refractivity contribution in [1.29, 1.82) is 0 Å². The second kappa shape index (κ2) is 13.3. The van der Waals surface area contributed by atoms with E-state index in [0.717, 1.165) is 36.2 Å². The topological polar surface area (TPSA) is 84.7 Å². The fourth-order valence-electron chi connectivity index (χ4n) is 2.75. The lowest BCUT2D eigenvalue weighted by atomic mass is 10.0. The summed E-state index contributed by atoms with van der Waals surface area (Å²) in [5.74, 6) is -0.00171. The van der Waals surface area contributed by atoms with Gasteiger partial charge in [-0.05, 0) is 44.4 Å². The first-order chi connectivity index (χ1) is 14.3. The van der Waals surface area contributed by atoms with Gasteiger partial charge in [0.15, 0.2) is 6.17 Å². The maximum Gasteiger partial charge on any atom is 0.224 e. The quantitative estimate of drug-likeness (QED) is 0.223. The van der Waals surface area contributed by atoms with Gasteiger partial charge in [-0.15, -0.1) is 5.11 Å². The van der Waals surface area contributed by atoms with Gasteiger partial charge >= 0.3 is 0 Å². The minimum absolute atomic E-state index is 0.00171. The number of benzene rings is 1. The standard InChI is InChI=1S/C22H37N7O/c1-8-17(3)21(13-14-28(6)27-26-18(4)29(7)24-9-2)25-20-12-10-11-19(15-20)16-22(30)23-5/h9-12,15,18,21,25H,3,8,13-14,16H2,1-2,4-7H3,(H,23,30)/b24-9-,27-26?.